The first-order valence-electron chi connectivity index (χ1n) is 8.25. The first-order chi connectivity index (χ1) is 9.49. The Bertz CT molecular complexity index is 447. The third-order valence-electron chi connectivity index (χ3n) is 5.25. The largest absolute Gasteiger partial charge is 0.0836 e. The van der Waals surface area contributed by atoms with Crippen LogP contribution in [0, 0.1) is 11.3 Å². The molecule has 1 aliphatic rings. The van der Waals surface area contributed by atoms with E-state index in [9.17, 15) is 0 Å². The van der Waals surface area contributed by atoms with Gasteiger partial charge in [-0.2, -0.15) is 0 Å². The highest BCUT2D eigenvalue weighted by atomic mass is 79.9. The van der Waals surface area contributed by atoms with Crippen molar-refractivity contribution in [2.24, 2.45) is 11.3 Å². The molecule has 1 aromatic rings. The van der Waals surface area contributed by atoms with E-state index in [1.54, 1.807) is 0 Å². The third kappa shape index (κ3) is 3.30. The average Bonchev–Trinajstić information content (AvgIpc) is 2.45. The minimum Gasteiger partial charge on any atom is -0.0836 e. The van der Waals surface area contributed by atoms with Gasteiger partial charge in [0.25, 0.3) is 0 Å². The predicted octanol–water partition coefficient (Wildman–Crippen LogP) is 6.46. The van der Waals surface area contributed by atoms with Crippen LogP contribution in [0.3, 0.4) is 0 Å². The third-order valence-corrected chi connectivity index (χ3v) is 6.42. The SMILES string of the molecule is CCc1ccc(C(Br)C2CCCCC2(C)C)cc1CC. The molecular formula is C19H29Br. The smallest absolute Gasteiger partial charge is 0.0428 e. The van der Waals surface area contributed by atoms with Crippen LogP contribution in [0.15, 0.2) is 18.2 Å². The fraction of sp³-hybridized carbons (Fsp3) is 0.684. The lowest BCUT2D eigenvalue weighted by Gasteiger charge is -2.41. The van der Waals surface area contributed by atoms with E-state index in [2.05, 4.69) is 61.8 Å². The standard InChI is InChI=1S/C19H29Br/c1-5-14-10-11-16(13-15(14)6-2)18(20)17-9-7-8-12-19(17,3)4/h10-11,13,17-18H,5-9,12H2,1-4H3. The minimum atomic E-state index is 0.461. The highest BCUT2D eigenvalue weighted by molar-refractivity contribution is 9.09. The van der Waals surface area contributed by atoms with Crippen molar-refractivity contribution in [1.29, 1.82) is 0 Å². The van der Waals surface area contributed by atoms with Gasteiger partial charge in [-0.05, 0) is 53.7 Å². The molecular weight excluding hydrogens is 308 g/mol. The summed E-state index contributed by atoms with van der Waals surface area (Å²) in [5, 5.41) is 0. The van der Waals surface area contributed by atoms with Gasteiger partial charge in [-0.15, -0.1) is 0 Å². The van der Waals surface area contributed by atoms with Crippen molar-refractivity contribution in [2.45, 2.75) is 71.0 Å². The molecule has 1 heteroatoms. The van der Waals surface area contributed by atoms with Crippen molar-refractivity contribution >= 4 is 15.9 Å². The molecule has 0 aliphatic heterocycles. The van der Waals surface area contributed by atoms with Crippen molar-refractivity contribution in [3.63, 3.8) is 0 Å². The lowest BCUT2D eigenvalue weighted by Crippen LogP contribution is -2.30. The normalized spacial score (nSPS) is 23.6. The number of alkyl halides is 1. The molecule has 0 N–H and O–H groups in total. The quantitative estimate of drug-likeness (QED) is 0.553. The zero-order valence-electron chi connectivity index (χ0n) is 13.5. The van der Waals surface area contributed by atoms with Crippen LogP contribution >= 0.6 is 15.9 Å². The van der Waals surface area contributed by atoms with Gasteiger partial charge in [-0.1, -0.05) is 74.7 Å². The Morgan fingerprint density at radius 1 is 1.15 bits per heavy atom. The zero-order valence-corrected chi connectivity index (χ0v) is 15.1. The first-order valence-corrected chi connectivity index (χ1v) is 9.17. The van der Waals surface area contributed by atoms with Crippen molar-refractivity contribution in [2.75, 3.05) is 0 Å². The number of hydrogen-bond donors (Lipinski definition) is 0. The second-order valence-corrected chi connectivity index (χ2v) is 7.96. The van der Waals surface area contributed by atoms with E-state index in [0.717, 1.165) is 18.8 Å². The molecule has 0 aromatic heterocycles. The van der Waals surface area contributed by atoms with E-state index in [-0.39, 0.29) is 0 Å². The van der Waals surface area contributed by atoms with Crippen molar-refractivity contribution in [3.8, 4) is 0 Å². The second kappa shape index (κ2) is 6.64. The molecule has 1 fully saturated rings. The molecule has 0 heterocycles. The van der Waals surface area contributed by atoms with Crippen molar-refractivity contribution < 1.29 is 0 Å². The molecule has 0 spiro atoms. The van der Waals surface area contributed by atoms with Crippen molar-refractivity contribution in [1.82, 2.24) is 0 Å². The van der Waals surface area contributed by atoms with Gasteiger partial charge >= 0.3 is 0 Å². The molecule has 2 atom stereocenters. The number of hydrogen-bond acceptors (Lipinski definition) is 0. The van der Waals surface area contributed by atoms with E-state index in [1.165, 1.54) is 42.4 Å². The zero-order chi connectivity index (χ0) is 14.8. The van der Waals surface area contributed by atoms with Crippen LogP contribution in [0.25, 0.3) is 0 Å². The molecule has 1 aromatic carbocycles. The summed E-state index contributed by atoms with van der Waals surface area (Å²) in [6.07, 6.45) is 7.81. The second-order valence-electron chi connectivity index (χ2n) is 6.98. The fourth-order valence-electron chi connectivity index (χ4n) is 3.79. The molecule has 112 valence electrons. The Morgan fingerprint density at radius 2 is 1.85 bits per heavy atom. The molecule has 1 aliphatic carbocycles. The minimum absolute atomic E-state index is 0.461. The maximum Gasteiger partial charge on any atom is 0.0428 e. The predicted molar refractivity (Wildman–Crippen MR) is 92.6 cm³/mol. The number of rotatable bonds is 4. The summed E-state index contributed by atoms with van der Waals surface area (Å²) in [5.41, 5.74) is 4.99. The van der Waals surface area contributed by atoms with Crippen LogP contribution in [-0.2, 0) is 12.8 Å². The monoisotopic (exact) mass is 336 g/mol. The molecule has 20 heavy (non-hydrogen) atoms. The Labute approximate surface area is 133 Å². The van der Waals surface area contributed by atoms with Gasteiger partial charge in [0.2, 0.25) is 0 Å². The van der Waals surface area contributed by atoms with Gasteiger partial charge < -0.3 is 0 Å². The highest BCUT2D eigenvalue weighted by Crippen LogP contribution is 2.50. The molecule has 0 nitrogen and oxygen atoms in total. The topological polar surface area (TPSA) is 0 Å². The van der Waals surface area contributed by atoms with E-state index in [1.807, 2.05) is 0 Å². The maximum absolute atomic E-state index is 4.03. The van der Waals surface area contributed by atoms with Crippen LogP contribution in [-0.4, -0.2) is 0 Å². The van der Waals surface area contributed by atoms with E-state index >= 15 is 0 Å². The summed E-state index contributed by atoms with van der Waals surface area (Å²) in [5.74, 6) is 0.758. The summed E-state index contributed by atoms with van der Waals surface area (Å²) < 4.78 is 0. The van der Waals surface area contributed by atoms with Crippen LogP contribution in [0.1, 0.15) is 74.9 Å². The fourth-order valence-corrected chi connectivity index (χ4v) is 5.05. The maximum atomic E-state index is 4.03. The van der Waals surface area contributed by atoms with Crippen molar-refractivity contribution in [3.05, 3.63) is 34.9 Å². The van der Waals surface area contributed by atoms with Gasteiger partial charge in [0.15, 0.2) is 0 Å². The highest BCUT2D eigenvalue weighted by Gasteiger charge is 2.37. The van der Waals surface area contributed by atoms with Crippen LogP contribution in [0.5, 0.6) is 0 Å². The summed E-state index contributed by atoms with van der Waals surface area (Å²) >= 11 is 4.03. The van der Waals surface area contributed by atoms with E-state index in [4.69, 9.17) is 0 Å². The molecule has 2 unspecified atom stereocenters. The summed E-state index contributed by atoms with van der Waals surface area (Å²) in [6, 6.07) is 7.14. The molecule has 1 saturated carbocycles. The van der Waals surface area contributed by atoms with Gasteiger partial charge in [-0.3, -0.25) is 0 Å². The Morgan fingerprint density at radius 3 is 2.45 bits per heavy atom. The lowest BCUT2D eigenvalue weighted by atomic mass is 9.66. The van der Waals surface area contributed by atoms with Crippen LogP contribution in [0.4, 0.5) is 0 Å². The molecule has 0 amide bonds. The van der Waals surface area contributed by atoms with E-state index < -0.39 is 0 Å². The van der Waals surface area contributed by atoms with E-state index in [0.29, 0.717) is 10.2 Å². The Balaban J connectivity index is 2.26. The van der Waals surface area contributed by atoms with Crippen LogP contribution < -0.4 is 0 Å². The molecule has 0 saturated heterocycles. The van der Waals surface area contributed by atoms with Gasteiger partial charge in [-0.25, -0.2) is 0 Å². The Kier molecular flexibility index (Phi) is 5.34. The lowest BCUT2D eigenvalue weighted by molar-refractivity contribution is 0.136. The summed E-state index contributed by atoms with van der Waals surface area (Å²) in [4.78, 5) is 0.508. The average molecular weight is 337 g/mol. The molecule has 0 bridgehead atoms. The van der Waals surface area contributed by atoms with Gasteiger partial charge in [0, 0.05) is 4.83 Å². The number of aryl methyl sites for hydroxylation is 2. The van der Waals surface area contributed by atoms with Crippen LogP contribution in [0.2, 0.25) is 0 Å². The first kappa shape index (κ1) is 16.1. The Hall–Kier alpha value is -0.300. The van der Waals surface area contributed by atoms with Gasteiger partial charge in [0.05, 0.1) is 0 Å². The number of benzene rings is 1. The summed E-state index contributed by atoms with van der Waals surface area (Å²) in [7, 11) is 0. The summed E-state index contributed by atoms with van der Waals surface area (Å²) in [6.45, 7) is 9.43. The molecule has 0 radical (unpaired) electrons. The van der Waals surface area contributed by atoms with Gasteiger partial charge in [0.1, 0.15) is 0 Å². The molecule has 2 rings (SSSR count). The number of halogens is 1.